The van der Waals surface area contributed by atoms with Crippen LogP contribution in [0.2, 0.25) is 0 Å². The smallest absolute Gasteiger partial charge is 0.255 e. The fourth-order valence-corrected chi connectivity index (χ4v) is 3.61. The van der Waals surface area contributed by atoms with Gasteiger partial charge in [-0.25, -0.2) is 4.98 Å². The topological polar surface area (TPSA) is 97.5 Å². The molecular formula is C25H26N4O3. The number of hydrogen-bond donors (Lipinski definition) is 2. The van der Waals surface area contributed by atoms with Crippen molar-refractivity contribution in [3.8, 4) is 17.1 Å². The van der Waals surface area contributed by atoms with Crippen LogP contribution in [0.4, 0.5) is 11.6 Å². The van der Waals surface area contributed by atoms with Gasteiger partial charge in [-0.1, -0.05) is 18.2 Å². The van der Waals surface area contributed by atoms with E-state index >= 15 is 0 Å². The zero-order valence-corrected chi connectivity index (χ0v) is 17.9. The molecule has 32 heavy (non-hydrogen) atoms. The Bertz CT molecular complexity index is 1230. The van der Waals surface area contributed by atoms with E-state index in [0.717, 1.165) is 29.0 Å². The summed E-state index contributed by atoms with van der Waals surface area (Å²) in [6.07, 6.45) is 3.02. The molecule has 0 saturated carbocycles. The monoisotopic (exact) mass is 430 g/mol. The third kappa shape index (κ3) is 5.00. The van der Waals surface area contributed by atoms with Crippen LogP contribution < -0.4 is 16.2 Å². The molecule has 0 bridgehead atoms. The molecule has 0 aliphatic rings. The minimum atomic E-state index is -0.157. The van der Waals surface area contributed by atoms with Crippen molar-refractivity contribution in [1.29, 1.82) is 0 Å². The number of benzene rings is 2. The van der Waals surface area contributed by atoms with Crippen molar-refractivity contribution in [2.24, 2.45) is 0 Å². The fraction of sp³-hybridized carbons (Fsp3) is 0.200. The van der Waals surface area contributed by atoms with Gasteiger partial charge in [-0.2, -0.15) is 0 Å². The van der Waals surface area contributed by atoms with Crippen molar-refractivity contribution in [2.75, 3.05) is 24.2 Å². The van der Waals surface area contributed by atoms with E-state index in [9.17, 15) is 9.90 Å². The number of nitrogen functional groups attached to an aromatic ring is 1. The van der Waals surface area contributed by atoms with Crippen LogP contribution in [0.1, 0.15) is 11.3 Å². The van der Waals surface area contributed by atoms with Crippen molar-refractivity contribution in [1.82, 2.24) is 9.55 Å². The van der Waals surface area contributed by atoms with Crippen molar-refractivity contribution >= 4 is 11.6 Å². The van der Waals surface area contributed by atoms with Crippen LogP contribution in [0.25, 0.3) is 11.3 Å². The highest BCUT2D eigenvalue weighted by atomic mass is 16.3. The molecule has 4 rings (SSSR count). The molecule has 2 aromatic carbocycles. The Balaban J connectivity index is 1.40. The van der Waals surface area contributed by atoms with Crippen LogP contribution in [0.5, 0.6) is 5.75 Å². The molecule has 0 saturated heterocycles. The molecule has 0 amide bonds. The van der Waals surface area contributed by atoms with E-state index in [1.54, 1.807) is 24.5 Å². The zero-order chi connectivity index (χ0) is 22.5. The van der Waals surface area contributed by atoms with Gasteiger partial charge in [0, 0.05) is 37.5 Å². The molecule has 2 heterocycles. The van der Waals surface area contributed by atoms with E-state index < -0.39 is 0 Å². The lowest BCUT2D eigenvalue weighted by atomic mass is 10.0. The van der Waals surface area contributed by atoms with Gasteiger partial charge >= 0.3 is 0 Å². The van der Waals surface area contributed by atoms with E-state index in [1.165, 1.54) is 4.57 Å². The Morgan fingerprint density at radius 2 is 1.88 bits per heavy atom. The third-order valence-electron chi connectivity index (χ3n) is 5.44. The molecule has 4 aromatic rings. The normalized spacial score (nSPS) is 10.9. The van der Waals surface area contributed by atoms with E-state index in [2.05, 4.69) is 17.1 Å². The Labute approximate surface area is 186 Å². The van der Waals surface area contributed by atoms with Crippen molar-refractivity contribution < 1.29 is 9.52 Å². The second-order valence-electron chi connectivity index (χ2n) is 7.71. The standard InChI is InChI=1S/C25H26N4O3/c1-28(21-9-11-22(30)12-10-21)13-14-29-24(31)17-20(27-25(29)26)8-7-18-4-2-5-19(16-18)23-6-3-15-32-23/h2-6,9-12,15-17,30H,7-8,13-14H2,1H3,(H2,26,27). The van der Waals surface area contributed by atoms with Gasteiger partial charge in [-0.3, -0.25) is 9.36 Å². The minimum Gasteiger partial charge on any atom is -0.508 e. The maximum Gasteiger partial charge on any atom is 0.255 e. The maximum absolute atomic E-state index is 12.7. The molecule has 0 spiro atoms. The first kappa shape index (κ1) is 21.2. The highest BCUT2D eigenvalue weighted by Crippen LogP contribution is 2.21. The number of furan rings is 1. The van der Waals surface area contributed by atoms with Crippen molar-refractivity contribution in [2.45, 2.75) is 19.4 Å². The molecule has 0 aliphatic carbocycles. The summed E-state index contributed by atoms with van der Waals surface area (Å²) in [5.74, 6) is 1.26. The van der Waals surface area contributed by atoms with Crippen molar-refractivity contribution in [3.63, 3.8) is 0 Å². The molecule has 7 heteroatoms. The summed E-state index contributed by atoms with van der Waals surface area (Å²) in [7, 11) is 1.92. The van der Waals surface area contributed by atoms with Crippen LogP contribution in [0, 0.1) is 0 Å². The first-order valence-electron chi connectivity index (χ1n) is 10.5. The summed E-state index contributed by atoms with van der Waals surface area (Å²) in [4.78, 5) is 19.1. The van der Waals surface area contributed by atoms with Crippen LogP contribution >= 0.6 is 0 Å². The molecule has 0 unspecified atom stereocenters. The van der Waals surface area contributed by atoms with Gasteiger partial charge < -0.3 is 20.2 Å². The number of rotatable bonds is 8. The summed E-state index contributed by atoms with van der Waals surface area (Å²) in [6, 6.07) is 20.4. The average molecular weight is 431 g/mol. The Hall–Kier alpha value is -4.00. The van der Waals surface area contributed by atoms with Crippen LogP contribution in [-0.2, 0) is 19.4 Å². The SMILES string of the molecule is CN(CCn1c(N)nc(CCc2cccc(-c3ccco3)c2)cc1=O)c1ccc(O)cc1. The van der Waals surface area contributed by atoms with E-state index in [0.29, 0.717) is 25.2 Å². The third-order valence-corrected chi connectivity index (χ3v) is 5.44. The Morgan fingerprint density at radius 3 is 2.59 bits per heavy atom. The number of phenols is 1. The van der Waals surface area contributed by atoms with Gasteiger partial charge in [-0.15, -0.1) is 0 Å². The Kier molecular flexibility index (Phi) is 6.26. The lowest BCUT2D eigenvalue weighted by Crippen LogP contribution is -2.31. The largest absolute Gasteiger partial charge is 0.508 e. The number of nitrogens with two attached hydrogens (primary N) is 1. The molecule has 7 nitrogen and oxygen atoms in total. The van der Waals surface area contributed by atoms with Gasteiger partial charge in [-0.05, 0) is 60.9 Å². The summed E-state index contributed by atoms with van der Waals surface area (Å²) >= 11 is 0. The van der Waals surface area contributed by atoms with Gasteiger partial charge in [0.15, 0.2) is 0 Å². The first-order chi connectivity index (χ1) is 15.5. The van der Waals surface area contributed by atoms with Crippen LogP contribution in [0.3, 0.4) is 0 Å². The summed E-state index contributed by atoms with van der Waals surface area (Å²) < 4.78 is 6.95. The molecule has 0 radical (unpaired) electrons. The minimum absolute atomic E-state index is 0.157. The van der Waals surface area contributed by atoms with Gasteiger partial charge in [0.1, 0.15) is 11.5 Å². The second-order valence-corrected chi connectivity index (χ2v) is 7.71. The molecule has 0 fully saturated rings. The lowest BCUT2D eigenvalue weighted by Gasteiger charge is -2.20. The molecule has 3 N–H and O–H groups in total. The number of aromatic hydroxyl groups is 1. The number of aryl methyl sites for hydroxylation is 2. The van der Waals surface area contributed by atoms with Gasteiger partial charge in [0.25, 0.3) is 5.56 Å². The summed E-state index contributed by atoms with van der Waals surface area (Å²) in [6.45, 7) is 0.996. The molecule has 0 atom stereocenters. The van der Waals surface area contributed by atoms with Gasteiger partial charge in [0.05, 0.1) is 12.0 Å². The molecule has 0 aliphatic heterocycles. The lowest BCUT2D eigenvalue weighted by molar-refractivity contribution is 0.475. The number of nitrogens with zero attached hydrogens (tertiary/aromatic N) is 3. The second kappa shape index (κ2) is 9.43. The zero-order valence-electron chi connectivity index (χ0n) is 17.9. The predicted octanol–water partition coefficient (Wildman–Crippen LogP) is 3.71. The van der Waals surface area contributed by atoms with E-state index in [1.807, 2.05) is 48.3 Å². The van der Waals surface area contributed by atoms with Crippen molar-refractivity contribution in [3.05, 3.63) is 94.6 Å². The number of aromatic nitrogens is 2. The maximum atomic E-state index is 12.7. The highest BCUT2D eigenvalue weighted by molar-refractivity contribution is 5.58. The first-order valence-corrected chi connectivity index (χ1v) is 10.5. The van der Waals surface area contributed by atoms with Crippen LogP contribution in [-0.4, -0.2) is 28.3 Å². The molecule has 2 aromatic heterocycles. The summed E-state index contributed by atoms with van der Waals surface area (Å²) in [5, 5.41) is 9.43. The molecular weight excluding hydrogens is 404 g/mol. The van der Waals surface area contributed by atoms with Crippen LogP contribution in [0.15, 0.2) is 82.2 Å². The number of phenolic OH excluding ortho intramolecular Hbond substituents is 1. The molecule has 164 valence electrons. The van der Waals surface area contributed by atoms with Gasteiger partial charge in [0.2, 0.25) is 5.95 Å². The fourth-order valence-electron chi connectivity index (χ4n) is 3.61. The predicted molar refractivity (Wildman–Crippen MR) is 126 cm³/mol. The number of likely N-dealkylation sites (N-methyl/N-ethyl adjacent to an activating group) is 1. The average Bonchev–Trinajstić information content (AvgIpc) is 3.33. The highest BCUT2D eigenvalue weighted by Gasteiger charge is 2.09. The summed E-state index contributed by atoms with van der Waals surface area (Å²) in [5.41, 5.74) is 9.74. The number of hydrogen-bond acceptors (Lipinski definition) is 6. The quantitative estimate of drug-likeness (QED) is 0.442. The van der Waals surface area contributed by atoms with E-state index in [4.69, 9.17) is 10.2 Å². The Morgan fingerprint density at radius 1 is 1.06 bits per heavy atom. The number of anilines is 2. The van der Waals surface area contributed by atoms with E-state index in [-0.39, 0.29) is 17.3 Å².